The van der Waals surface area contributed by atoms with Crippen molar-refractivity contribution in [3.8, 4) is 0 Å². The molecule has 2 heteroatoms. The second-order valence-corrected chi connectivity index (χ2v) is 14.5. The normalized spacial score (nSPS) is 23.3. The van der Waals surface area contributed by atoms with Crippen molar-refractivity contribution in [3.05, 3.63) is 216 Å². The third-order valence-corrected chi connectivity index (χ3v) is 10.8. The summed E-state index contributed by atoms with van der Waals surface area (Å²) in [7, 11) is 0. The summed E-state index contributed by atoms with van der Waals surface area (Å²) in [6.45, 7) is 3.09. The SMILES string of the molecule is CCNC(\C=C(/C=C/C=C/C1=CCCC=C1)C1=CCC(C2C=CC(c3cccc(N(C4=CCCC=C4)C4C=CC=CC4)c3)=CC2)C=C1)c1ccccc1. The number of nitrogens with one attached hydrogen (secondary N) is 1. The Hall–Kier alpha value is -5.18. The number of hydrogen-bond donors (Lipinski definition) is 1. The van der Waals surface area contributed by atoms with Gasteiger partial charge in [-0.3, -0.25) is 0 Å². The Balaban J connectivity index is 1.05. The average molecular weight is 695 g/mol. The highest BCUT2D eigenvalue weighted by Gasteiger charge is 2.23. The lowest BCUT2D eigenvalue weighted by Crippen LogP contribution is -2.33. The van der Waals surface area contributed by atoms with Crippen molar-refractivity contribution in [2.24, 2.45) is 11.8 Å². The second kappa shape index (κ2) is 18.5. The van der Waals surface area contributed by atoms with E-state index in [2.05, 4.69) is 199 Å². The standard InChI is InChI=1S/C51H54N2/c1-2-52-51(45-21-9-4-10-22-45)39-47(23-16-15-20-40-18-7-3-8-19-40)44-36-32-42(33-37-44)41-30-34-43(35-31-41)46-24-17-29-50(38-46)53(48-25-11-5-12-26-48)49-27-13-6-14-28-49/h4-5,7,9-13,15-25,27-30,32,34-39,41-42,48,51-52H,2-3,6,8,14,26,31,33H2,1H3/b20-15+,23-16+,47-39+. The fourth-order valence-corrected chi connectivity index (χ4v) is 7.91. The molecule has 268 valence electrons. The van der Waals surface area contributed by atoms with Gasteiger partial charge in [0, 0.05) is 11.4 Å². The Morgan fingerprint density at radius 2 is 1.58 bits per heavy atom. The van der Waals surface area contributed by atoms with Gasteiger partial charge in [0.05, 0.1) is 12.1 Å². The maximum Gasteiger partial charge on any atom is 0.0559 e. The molecule has 0 amide bonds. The summed E-state index contributed by atoms with van der Waals surface area (Å²) in [5.74, 6) is 0.977. The molecular weight excluding hydrogens is 641 g/mol. The number of likely N-dealkylation sites (N-methyl/N-ethyl adjacent to an activating group) is 1. The molecule has 5 aliphatic carbocycles. The van der Waals surface area contributed by atoms with Gasteiger partial charge in [-0.15, -0.1) is 0 Å². The Labute approximate surface area is 318 Å². The van der Waals surface area contributed by atoms with Crippen molar-refractivity contribution < 1.29 is 0 Å². The Morgan fingerprint density at radius 3 is 2.28 bits per heavy atom. The van der Waals surface area contributed by atoms with Gasteiger partial charge in [-0.1, -0.05) is 171 Å². The van der Waals surface area contributed by atoms with Crippen molar-refractivity contribution in [2.45, 2.75) is 64.0 Å². The minimum absolute atomic E-state index is 0.142. The Morgan fingerprint density at radius 1 is 0.755 bits per heavy atom. The lowest BCUT2D eigenvalue weighted by Gasteiger charge is -2.34. The molecule has 2 nitrogen and oxygen atoms in total. The van der Waals surface area contributed by atoms with Crippen molar-refractivity contribution in [3.63, 3.8) is 0 Å². The molecule has 4 atom stereocenters. The van der Waals surface area contributed by atoms with E-state index >= 15 is 0 Å². The summed E-state index contributed by atoms with van der Waals surface area (Å²) in [5.41, 5.74) is 10.3. The Kier molecular flexibility index (Phi) is 12.7. The minimum Gasteiger partial charge on any atom is -0.335 e. The quantitative estimate of drug-likeness (QED) is 0.210. The van der Waals surface area contributed by atoms with Crippen molar-refractivity contribution in [2.75, 3.05) is 11.4 Å². The molecule has 4 unspecified atom stereocenters. The molecule has 2 aromatic carbocycles. The zero-order chi connectivity index (χ0) is 36.1. The topological polar surface area (TPSA) is 15.3 Å². The zero-order valence-corrected chi connectivity index (χ0v) is 31.2. The van der Waals surface area contributed by atoms with Crippen LogP contribution >= 0.6 is 0 Å². The van der Waals surface area contributed by atoms with Crippen LogP contribution in [0.15, 0.2) is 205 Å². The van der Waals surface area contributed by atoms with Crippen LogP contribution in [0.1, 0.15) is 69.0 Å². The third kappa shape index (κ3) is 9.63. The molecule has 0 heterocycles. The highest BCUT2D eigenvalue weighted by Crippen LogP contribution is 2.37. The predicted molar refractivity (Wildman–Crippen MR) is 228 cm³/mol. The largest absolute Gasteiger partial charge is 0.335 e. The van der Waals surface area contributed by atoms with Crippen LogP contribution < -0.4 is 10.2 Å². The van der Waals surface area contributed by atoms with Crippen molar-refractivity contribution >= 4 is 11.3 Å². The van der Waals surface area contributed by atoms with Gasteiger partial charge in [0.1, 0.15) is 0 Å². The molecule has 0 spiro atoms. The van der Waals surface area contributed by atoms with Crippen LogP contribution in [0.4, 0.5) is 5.69 Å². The van der Waals surface area contributed by atoms with Gasteiger partial charge < -0.3 is 10.2 Å². The molecule has 0 aromatic heterocycles. The minimum atomic E-state index is 0.142. The van der Waals surface area contributed by atoms with Crippen LogP contribution in [-0.2, 0) is 0 Å². The molecule has 5 aliphatic rings. The number of allylic oxidation sites excluding steroid dienone is 22. The first-order valence-electron chi connectivity index (χ1n) is 19.8. The molecule has 53 heavy (non-hydrogen) atoms. The van der Waals surface area contributed by atoms with E-state index in [9.17, 15) is 0 Å². The molecule has 2 aromatic rings. The van der Waals surface area contributed by atoms with Gasteiger partial charge in [0.25, 0.3) is 0 Å². The lowest BCUT2D eigenvalue weighted by atomic mass is 9.79. The van der Waals surface area contributed by atoms with Crippen molar-refractivity contribution in [1.29, 1.82) is 0 Å². The summed E-state index contributed by atoms with van der Waals surface area (Å²) < 4.78 is 0. The van der Waals surface area contributed by atoms with E-state index in [0.717, 1.165) is 51.5 Å². The molecule has 1 N–H and O–H groups in total. The first kappa shape index (κ1) is 36.2. The van der Waals surface area contributed by atoms with E-state index in [1.807, 2.05) is 0 Å². The molecule has 0 radical (unpaired) electrons. The number of rotatable bonds is 13. The van der Waals surface area contributed by atoms with Crippen LogP contribution in [0, 0.1) is 11.8 Å². The highest BCUT2D eigenvalue weighted by atomic mass is 15.2. The van der Waals surface area contributed by atoms with Crippen LogP contribution in [0.5, 0.6) is 0 Å². The van der Waals surface area contributed by atoms with E-state index in [0.29, 0.717) is 17.9 Å². The Bertz CT molecular complexity index is 1980. The zero-order valence-electron chi connectivity index (χ0n) is 31.2. The maximum atomic E-state index is 3.70. The second-order valence-electron chi connectivity index (χ2n) is 14.5. The molecule has 0 saturated heterocycles. The highest BCUT2D eigenvalue weighted by molar-refractivity contribution is 5.77. The number of benzene rings is 2. The number of nitrogens with zero attached hydrogens (tertiary/aromatic N) is 1. The molecular formula is C51H54N2. The van der Waals surface area contributed by atoms with Crippen LogP contribution in [0.25, 0.3) is 5.57 Å². The van der Waals surface area contributed by atoms with Crippen LogP contribution in [0.3, 0.4) is 0 Å². The van der Waals surface area contributed by atoms with Gasteiger partial charge in [0.15, 0.2) is 0 Å². The third-order valence-electron chi connectivity index (χ3n) is 10.8. The van der Waals surface area contributed by atoms with E-state index < -0.39 is 0 Å². The van der Waals surface area contributed by atoms with Gasteiger partial charge in [-0.05, 0) is 115 Å². The first-order valence-corrected chi connectivity index (χ1v) is 19.8. The summed E-state index contributed by atoms with van der Waals surface area (Å²) in [4.78, 5) is 2.52. The molecule has 0 bridgehead atoms. The lowest BCUT2D eigenvalue weighted by molar-refractivity contribution is 0.477. The van der Waals surface area contributed by atoms with Gasteiger partial charge in [0.2, 0.25) is 0 Å². The van der Waals surface area contributed by atoms with Crippen LogP contribution in [0.2, 0.25) is 0 Å². The van der Waals surface area contributed by atoms with E-state index in [4.69, 9.17) is 0 Å². The average Bonchev–Trinajstić information content (AvgIpc) is 3.23. The predicted octanol–water partition coefficient (Wildman–Crippen LogP) is 12.7. The molecule has 0 aliphatic heterocycles. The molecule has 7 rings (SSSR count). The number of hydrogen-bond acceptors (Lipinski definition) is 2. The monoisotopic (exact) mass is 694 g/mol. The van der Waals surface area contributed by atoms with Gasteiger partial charge >= 0.3 is 0 Å². The van der Waals surface area contributed by atoms with Crippen molar-refractivity contribution in [1.82, 2.24) is 5.32 Å². The van der Waals surface area contributed by atoms with E-state index in [-0.39, 0.29) is 6.04 Å². The van der Waals surface area contributed by atoms with Gasteiger partial charge in [-0.25, -0.2) is 0 Å². The first-order chi connectivity index (χ1) is 26.2. The number of anilines is 1. The fourth-order valence-electron chi connectivity index (χ4n) is 7.91. The fraction of sp³-hybridized carbons (Fsp3) is 0.255. The van der Waals surface area contributed by atoms with E-state index in [1.165, 1.54) is 44.8 Å². The van der Waals surface area contributed by atoms with Gasteiger partial charge in [-0.2, -0.15) is 0 Å². The van der Waals surface area contributed by atoms with Crippen LogP contribution in [-0.4, -0.2) is 12.6 Å². The summed E-state index contributed by atoms with van der Waals surface area (Å²) in [6, 6.07) is 20.4. The molecule has 0 saturated carbocycles. The summed E-state index contributed by atoms with van der Waals surface area (Å²) in [5, 5.41) is 3.70. The smallest absolute Gasteiger partial charge is 0.0559 e. The maximum absolute atomic E-state index is 3.70. The van der Waals surface area contributed by atoms with E-state index in [1.54, 1.807) is 0 Å². The summed E-state index contributed by atoms with van der Waals surface area (Å²) >= 11 is 0. The summed E-state index contributed by atoms with van der Waals surface area (Å²) in [6.07, 6.45) is 56.2. The molecule has 0 fully saturated rings.